The number of piperidine rings is 1. The maximum atomic E-state index is 13.2. The Labute approximate surface area is 243 Å². The number of rotatable bonds is 6. The highest BCUT2D eigenvalue weighted by Gasteiger charge is 2.42. The molecule has 0 saturated carbocycles. The van der Waals surface area contributed by atoms with Gasteiger partial charge in [0.25, 0.3) is 0 Å². The molecule has 2 fully saturated rings. The van der Waals surface area contributed by atoms with Crippen LogP contribution in [0, 0.1) is 0 Å². The smallest absolute Gasteiger partial charge is 0.204 e. The molecule has 0 aliphatic carbocycles. The predicted molar refractivity (Wildman–Crippen MR) is 168 cm³/mol. The molecule has 2 aromatic rings. The van der Waals surface area contributed by atoms with Crippen molar-refractivity contribution in [2.24, 2.45) is 10.7 Å². The van der Waals surface area contributed by atoms with E-state index in [4.69, 9.17) is 15.5 Å². The third kappa shape index (κ3) is 5.58. The molecule has 1 atom stereocenters. The normalized spacial score (nSPS) is 23.9. The molecule has 0 bridgehead atoms. The highest BCUT2D eigenvalue weighted by atomic mass is 31.2. The van der Waals surface area contributed by atoms with Crippen molar-refractivity contribution < 1.29 is 9.30 Å². The molecule has 4 heterocycles. The van der Waals surface area contributed by atoms with Gasteiger partial charge in [0, 0.05) is 80.0 Å². The standard InChI is InChI=1S/C30H43N8O2P/c1-40-26-20-22(37-16-11-21(12-17-37)38-18-14-32-15-19-38)8-9-25(26)34-29-35-28-24(10-13-33-28)30(31,36-29)23-6-4-5-7-27(23)41(2,3)39/h4-9,20-21,32-33H,10-19,31H2,1-3H3,(H2,34,35,36). The molecule has 6 rings (SSSR count). The molecule has 0 radical (unpaired) electrons. The number of hydrogen-bond acceptors (Lipinski definition) is 10. The van der Waals surface area contributed by atoms with Gasteiger partial charge in [-0.1, -0.05) is 24.3 Å². The Balaban J connectivity index is 1.23. The number of piperazine rings is 1. The molecular weight excluding hydrogens is 535 g/mol. The quantitative estimate of drug-likeness (QED) is 0.329. The molecule has 11 heteroatoms. The van der Waals surface area contributed by atoms with Gasteiger partial charge in [-0.15, -0.1) is 0 Å². The van der Waals surface area contributed by atoms with Gasteiger partial charge in [-0.3, -0.25) is 10.6 Å². The van der Waals surface area contributed by atoms with Crippen LogP contribution < -0.4 is 41.9 Å². The first-order valence-corrected chi connectivity index (χ1v) is 17.3. The van der Waals surface area contributed by atoms with Crippen LogP contribution in [0.15, 0.2) is 58.9 Å². The summed E-state index contributed by atoms with van der Waals surface area (Å²) in [6.45, 7) is 10.9. The number of methoxy groups -OCH3 is 1. The minimum atomic E-state index is -2.59. The van der Waals surface area contributed by atoms with Gasteiger partial charge in [0.2, 0.25) is 5.96 Å². The average molecular weight is 579 g/mol. The lowest BCUT2D eigenvalue weighted by Gasteiger charge is -2.41. The molecule has 41 heavy (non-hydrogen) atoms. The van der Waals surface area contributed by atoms with Crippen LogP contribution in [0.25, 0.3) is 0 Å². The summed E-state index contributed by atoms with van der Waals surface area (Å²) < 4.78 is 19.1. The second-order valence-electron chi connectivity index (χ2n) is 11.8. The lowest BCUT2D eigenvalue weighted by Crippen LogP contribution is -2.52. The minimum Gasteiger partial charge on any atom is -0.494 e. The number of nitrogens with one attached hydrogen (secondary N) is 4. The van der Waals surface area contributed by atoms with Crippen molar-refractivity contribution in [2.75, 3.05) is 76.5 Å². The Kier molecular flexibility index (Phi) is 7.76. The Hall–Kier alpha value is -3.04. The third-order valence-corrected chi connectivity index (χ3v) is 10.4. The zero-order valence-corrected chi connectivity index (χ0v) is 25.3. The van der Waals surface area contributed by atoms with E-state index < -0.39 is 12.8 Å². The first kappa shape index (κ1) is 28.1. The van der Waals surface area contributed by atoms with E-state index >= 15 is 0 Å². The maximum Gasteiger partial charge on any atom is 0.204 e. The van der Waals surface area contributed by atoms with Crippen LogP contribution in [0.5, 0.6) is 5.75 Å². The third-order valence-electron chi connectivity index (χ3n) is 8.80. The lowest BCUT2D eigenvalue weighted by atomic mass is 9.90. The Bertz CT molecular complexity index is 1390. The summed E-state index contributed by atoms with van der Waals surface area (Å²) in [6.07, 6.45) is 3.11. The van der Waals surface area contributed by atoms with Crippen molar-refractivity contribution >= 4 is 29.8 Å². The molecule has 0 spiro atoms. The molecule has 1 unspecified atom stereocenters. The van der Waals surface area contributed by atoms with E-state index in [1.807, 2.05) is 30.3 Å². The van der Waals surface area contributed by atoms with Crippen LogP contribution in [-0.2, 0) is 10.2 Å². The number of hydrogen-bond donors (Lipinski definition) is 5. The fourth-order valence-electron chi connectivity index (χ4n) is 6.63. The van der Waals surface area contributed by atoms with Gasteiger partial charge in [-0.05, 0) is 44.7 Å². The summed E-state index contributed by atoms with van der Waals surface area (Å²) in [4.78, 5) is 10.1. The zero-order chi connectivity index (χ0) is 28.6. The molecule has 0 aromatic heterocycles. The van der Waals surface area contributed by atoms with Gasteiger partial charge in [0.05, 0.1) is 12.8 Å². The minimum absolute atomic E-state index is 0.514. The number of ether oxygens (including phenoxy) is 1. The van der Waals surface area contributed by atoms with Crippen LogP contribution in [-0.4, -0.2) is 83.2 Å². The van der Waals surface area contributed by atoms with Crippen molar-refractivity contribution in [3.8, 4) is 5.75 Å². The highest BCUT2D eigenvalue weighted by molar-refractivity contribution is 7.70. The van der Waals surface area contributed by atoms with Crippen molar-refractivity contribution in [1.29, 1.82) is 0 Å². The summed E-state index contributed by atoms with van der Waals surface area (Å²) in [5.41, 5.74) is 9.69. The molecule has 0 amide bonds. The van der Waals surface area contributed by atoms with Gasteiger partial charge >= 0.3 is 0 Å². The van der Waals surface area contributed by atoms with Crippen LogP contribution >= 0.6 is 7.14 Å². The van der Waals surface area contributed by atoms with E-state index in [2.05, 4.69) is 43.2 Å². The maximum absolute atomic E-state index is 13.2. The first-order valence-electron chi connectivity index (χ1n) is 14.7. The Morgan fingerprint density at radius 3 is 2.56 bits per heavy atom. The average Bonchev–Trinajstić information content (AvgIpc) is 3.47. The van der Waals surface area contributed by atoms with E-state index in [0.717, 1.165) is 91.6 Å². The van der Waals surface area contributed by atoms with Crippen LogP contribution in [0.4, 0.5) is 11.4 Å². The number of anilines is 2. The second-order valence-corrected chi connectivity index (χ2v) is 14.9. The van der Waals surface area contributed by atoms with Gasteiger partial charge in [-0.2, -0.15) is 0 Å². The number of aliphatic imine (C=N–C) groups is 1. The monoisotopic (exact) mass is 578 g/mol. The van der Waals surface area contributed by atoms with E-state index in [-0.39, 0.29) is 0 Å². The molecule has 2 saturated heterocycles. The van der Waals surface area contributed by atoms with E-state index in [0.29, 0.717) is 12.0 Å². The lowest BCUT2D eigenvalue weighted by molar-refractivity contribution is 0.150. The van der Waals surface area contributed by atoms with E-state index in [1.165, 1.54) is 12.8 Å². The van der Waals surface area contributed by atoms with Crippen molar-refractivity contribution in [1.82, 2.24) is 20.9 Å². The first-order chi connectivity index (χ1) is 19.8. The molecular formula is C30H43N8O2P. The van der Waals surface area contributed by atoms with Crippen LogP contribution in [0.3, 0.4) is 0 Å². The number of nitrogens with two attached hydrogens (primary N) is 1. The zero-order valence-electron chi connectivity index (χ0n) is 24.4. The van der Waals surface area contributed by atoms with Gasteiger partial charge < -0.3 is 35.5 Å². The van der Waals surface area contributed by atoms with Gasteiger partial charge in [0.15, 0.2) is 5.66 Å². The second kappa shape index (κ2) is 11.3. The molecule has 10 nitrogen and oxygen atoms in total. The molecule has 4 aliphatic rings. The molecule has 6 N–H and O–H groups in total. The topological polar surface area (TPSA) is 119 Å². The van der Waals surface area contributed by atoms with Gasteiger partial charge in [-0.25, -0.2) is 4.99 Å². The Morgan fingerprint density at radius 1 is 1.07 bits per heavy atom. The fraction of sp³-hybridized carbons (Fsp3) is 0.500. The van der Waals surface area contributed by atoms with Crippen molar-refractivity contribution in [3.63, 3.8) is 0 Å². The SMILES string of the molecule is COc1cc(N2CCC(N3CCNCC3)CC2)ccc1NC1=NC(N)(c2ccccc2P(C)(C)=O)C2=C(NCC2)N1. The van der Waals surface area contributed by atoms with Crippen LogP contribution in [0.2, 0.25) is 0 Å². The highest BCUT2D eigenvalue weighted by Crippen LogP contribution is 2.43. The summed E-state index contributed by atoms with van der Waals surface area (Å²) in [7, 11) is -0.901. The largest absolute Gasteiger partial charge is 0.494 e. The summed E-state index contributed by atoms with van der Waals surface area (Å²) in [5.74, 6) is 2.11. The summed E-state index contributed by atoms with van der Waals surface area (Å²) in [5, 5.41) is 14.5. The van der Waals surface area contributed by atoms with Crippen molar-refractivity contribution in [2.45, 2.75) is 31.0 Å². The molecule has 220 valence electrons. The number of guanidine groups is 1. The predicted octanol–water partition coefficient (Wildman–Crippen LogP) is 2.20. The fourth-order valence-corrected chi connectivity index (χ4v) is 7.90. The van der Waals surface area contributed by atoms with Gasteiger partial charge in [0.1, 0.15) is 18.7 Å². The van der Waals surface area contributed by atoms with Crippen molar-refractivity contribution in [3.05, 3.63) is 59.4 Å². The van der Waals surface area contributed by atoms with Crippen LogP contribution in [0.1, 0.15) is 24.8 Å². The van der Waals surface area contributed by atoms with E-state index in [9.17, 15) is 4.57 Å². The Morgan fingerprint density at radius 2 is 1.83 bits per heavy atom. The molecule has 2 aromatic carbocycles. The number of benzene rings is 2. The summed E-state index contributed by atoms with van der Waals surface area (Å²) >= 11 is 0. The number of nitrogens with zero attached hydrogens (tertiary/aromatic N) is 3. The van der Waals surface area contributed by atoms with E-state index in [1.54, 1.807) is 20.4 Å². The molecule has 4 aliphatic heterocycles. The summed E-state index contributed by atoms with van der Waals surface area (Å²) in [6, 6.07) is 14.7.